The Morgan fingerprint density at radius 2 is 2.06 bits per heavy atom. The third-order valence-corrected chi connectivity index (χ3v) is 2.12. The van der Waals surface area contributed by atoms with Crippen LogP contribution in [0.3, 0.4) is 0 Å². The van der Waals surface area contributed by atoms with E-state index < -0.39 is 23.9 Å². The molecule has 0 atom stereocenters. The third-order valence-electron chi connectivity index (χ3n) is 2.12. The van der Waals surface area contributed by atoms with E-state index in [0.717, 1.165) is 18.2 Å². The zero-order valence-electron chi connectivity index (χ0n) is 9.20. The Hall–Kier alpha value is -1.86. The Kier molecular flexibility index (Phi) is 4.10. The van der Waals surface area contributed by atoms with E-state index in [1.807, 2.05) is 0 Å². The molecule has 0 aliphatic rings. The fourth-order valence-electron chi connectivity index (χ4n) is 1.17. The van der Waals surface area contributed by atoms with Crippen LogP contribution in [0, 0.1) is 17.0 Å². The summed E-state index contributed by atoms with van der Waals surface area (Å²) in [6, 6.07) is 3.28. The molecule has 0 aliphatic carbocycles. The Morgan fingerprint density at radius 3 is 2.50 bits per heavy atom. The van der Waals surface area contributed by atoms with E-state index in [1.165, 1.54) is 6.92 Å². The van der Waals surface area contributed by atoms with Gasteiger partial charge in [-0.05, 0) is 19.1 Å². The van der Waals surface area contributed by atoms with Crippen LogP contribution in [0.4, 0.5) is 23.2 Å². The van der Waals surface area contributed by atoms with Gasteiger partial charge in [-0.15, -0.1) is 0 Å². The molecule has 0 saturated heterocycles. The highest BCUT2D eigenvalue weighted by atomic mass is 19.3. The average molecular weight is 267 g/mol. The zero-order chi connectivity index (χ0) is 13.9. The molecule has 0 aromatic heterocycles. The van der Waals surface area contributed by atoms with Crippen molar-refractivity contribution in [1.29, 1.82) is 0 Å². The van der Waals surface area contributed by atoms with Crippen LogP contribution in [0.2, 0.25) is 0 Å². The van der Waals surface area contributed by atoms with Crippen LogP contribution in [0.1, 0.15) is 5.56 Å². The van der Waals surface area contributed by atoms with Crippen LogP contribution >= 0.6 is 0 Å². The van der Waals surface area contributed by atoms with Gasteiger partial charge in [0.05, 0.1) is 4.92 Å². The molecule has 0 heterocycles. The van der Waals surface area contributed by atoms with E-state index in [2.05, 4.69) is 4.74 Å². The molecular formula is C10H9F4NO3. The van der Waals surface area contributed by atoms with Gasteiger partial charge in [-0.1, -0.05) is 0 Å². The lowest BCUT2D eigenvalue weighted by molar-refractivity contribution is -0.385. The molecule has 18 heavy (non-hydrogen) atoms. The van der Waals surface area contributed by atoms with Gasteiger partial charge in [0.1, 0.15) is 5.75 Å². The summed E-state index contributed by atoms with van der Waals surface area (Å²) in [7, 11) is 0. The minimum atomic E-state index is -4.25. The second-order valence-corrected chi connectivity index (χ2v) is 3.56. The standard InChI is InChI=1S/C10H9F4NO3/c1-6-4-7(2-3-8(6)15(16)17)18-5-10(13,14)9(11)12/h2-4,9H,5H2,1H3. The number of halogens is 4. The summed E-state index contributed by atoms with van der Waals surface area (Å²) in [5.41, 5.74) is -0.0131. The summed E-state index contributed by atoms with van der Waals surface area (Å²) >= 11 is 0. The molecular weight excluding hydrogens is 258 g/mol. The van der Waals surface area contributed by atoms with Crippen molar-refractivity contribution in [1.82, 2.24) is 0 Å². The summed E-state index contributed by atoms with van der Waals surface area (Å²) in [5.74, 6) is -4.38. The molecule has 0 amide bonds. The monoisotopic (exact) mass is 267 g/mol. The third kappa shape index (κ3) is 3.31. The Morgan fingerprint density at radius 1 is 1.44 bits per heavy atom. The number of alkyl halides is 4. The first-order valence-electron chi connectivity index (χ1n) is 4.78. The molecule has 0 unspecified atom stereocenters. The second-order valence-electron chi connectivity index (χ2n) is 3.56. The molecule has 8 heteroatoms. The lowest BCUT2D eigenvalue weighted by Gasteiger charge is -2.16. The molecule has 0 spiro atoms. The van der Waals surface area contributed by atoms with Crippen LogP contribution in [0.5, 0.6) is 5.75 Å². The minimum absolute atomic E-state index is 0.126. The van der Waals surface area contributed by atoms with Crippen molar-refractivity contribution in [2.75, 3.05) is 6.61 Å². The van der Waals surface area contributed by atoms with Gasteiger partial charge >= 0.3 is 12.3 Å². The van der Waals surface area contributed by atoms with E-state index in [9.17, 15) is 27.7 Å². The average Bonchev–Trinajstić information content (AvgIpc) is 2.25. The first kappa shape index (κ1) is 14.2. The Bertz CT molecular complexity index is 451. The van der Waals surface area contributed by atoms with Crippen molar-refractivity contribution in [2.24, 2.45) is 0 Å². The number of hydrogen-bond donors (Lipinski definition) is 0. The lowest BCUT2D eigenvalue weighted by atomic mass is 10.2. The van der Waals surface area contributed by atoms with Gasteiger partial charge in [-0.25, -0.2) is 8.78 Å². The van der Waals surface area contributed by atoms with Gasteiger partial charge < -0.3 is 4.74 Å². The smallest absolute Gasteiger partial charge is 0.340 e. The SMILES string of the molecule is Cc1cc(OCC(F)(F)C(F)F)ccc1[N+](=O)[O-]. The topological polar surface area (TPSA) is 52.4 Å². The molecule has 0 N–H and O–H groups in total. The van der Waals surface area contributed by atoms with Crippen molar-refractivity contribution in [3.05, 3.63) is 33.9 Å². The molecule has 0 radical (unpaired) electrons. The van der Waals surface area contributed by atoms with Crippen molar-refractivity contribution in [3.8, 4) is 5.75 Å². The molecule has 0 fully saturated rings. The maximum absolute atomic E-state index is 12.6. The predicted octanol–water partition coefficient (Wildman–Crippen LogP) is 3.18. The van der Waals surface area contributed by atoms with E-state index in [0.29, 0.717) is 0 Å². The molecule has 1 aromatic carbocycles. The van der Waals surface area contributed by atoms with E-state index >= 15 is 0 Å². The highest BCUT2D eigenvalue weighted by Crippen LogP contribution is 2.27. The highest BCUT2D eigenvalue weighted by Gasteiger charge is 2.41. The van der Waals surface area contributed by atoms with Gasteiger partial charge in [0.15, 0.2) is 6.61 Å². The largest absolute Gasteiger partial charge is 0.487 e. The summed E-state index contributed by atoms with van der Waals surface area (Å²) in [5, 5.41) is 10.5. The summed E-state index contributed by atoms with van der Waals surface area (Å²) < 4.78 is 53.3. The zero-order valence-corrected chi connectivity index (χ0v) is 9.20. The van der Waals surface area contributed by atoms with Crippen LogP contribution in [0.25, 0.3) is 0 Å². The van der Waals surface area contributed by atoms with Crippen molar-refractivity contribution in [2.45, 2.75) is 19.3 Å². The van der Waals surface area contributed by atoms with Gasteiger partial charge in [-0.2, -0.15) is 8.78 Å². The van der Waals surface area contributed by atoms with Gasteiger partial charge in [0, 0.05) is 11.6 Å². The van der Waals surface area contributed by atoms with E-state index in [-0.39, 0.29) is 17.0 Å². The molecule has 0 aliphatic heterocycles. The van der Waals surface area contributed by atoms with Crippen molar-refractivity contribution >= 4 is 5.69 Å². The van der Waals surface area contributed by atoms with Gasteiger partial charge in [0.25, 0.3) is 5.69 Å². The number of rotatable bonds is 5. The van der Waals surface area contributed by atoms with Crippen molar-refractivity contribution < 1.29 is 27.2 Å². The Balaban J connectivity index is 2.76. The molecule has 1 aromatic rings. The first-order chi connectivity index (χ1) is 8.24. The van der Waals surface area contributed by atoms with Crippen LogP contribution in [-0.2, 0) is 0 Å². The minimum Gasteiger partial charge on any atom is -0.487 e. The van der Waals surface area contributed by atoms with Gasteiger partial charge in [0.2, 0.25) is 0 Å². The predicted molar refractivity (Wildman–Crippen MR) is 54.3 cm³/mol. The van der Waals surface area contributed by atoms with Crippen molar-refractivity contribution in [3.63, 3.8) is 0 Å². The molecule has 0 saturated carbocycles. The van der Waals surface area contributed by atoms with Crippen LogP contribution < -0.4 is 4.74 Å². The van der Waals surface area contributed by atoms with E-state index in [4.69, 9.17) is 0 Å². The number of aryl methyl sites for hydroxylation is 1. The number of ether oxygens (including phenoxy) is 1. The first-order valence-corrected chi connectivity index (χ1v) is 4.78. The van der Waals surface area contributed by atoms with Gasteiger partial charge in [-0.3, -0.25) is 10.1 Å². The van der Waals surface area contributed by atoms with E-state index in [1.54, 1.807) is 0 Å². The fourth-order valence-corrected chi connectivity index (χ4v) is 1.17. The lowest BCUT2D eigenvalue weighted by Crippen LogP contribution is -2.33. The maximum Gasteiger partial charge on any atom is 0.340 e. The van der Waals surface area contributed by atoms with Crippen LogP contribution in [-0.4, -0.2) is 23.9 Å². The molecule has 1 rings (SSSR count). The Labute approximate surface area is 99.3 Å². The normalized spacial score (nSPS) is 11.7. The fraction of sp³-hybridized carbons (Fsp3) is 0.400. The summed E-state index contributed by atoms with van der Waals surface area (Å²) in [4.78, 5) is 9.84. The molecule has 4 nitrogen and oxygen atoms in total. The number of nitro benzene ring substituents is 1. The number of nitro groups is 1. The molecule has 0 bridgehead atoms. The number of benzene rings is 1. The second kappa shape index (κ2) is 5.19. The summed E-state index contributed by atoms with van der Waals surface area (Å²) in [6.45, 7) is -0.0990. The quantitative estimate of drug-likeness (QED) is 0.467. The maximum atomic E-state index is 12.6. The van der Waals surface area contributed by atoms with Crippen LogP contribution in [0.15, 0.2) is 18.2 Å². The highest BCUT2D eigenvalue weighted by molar-refractivity contribution is 5.44. The number of hydrogen-bond acceptors (Lipinski definition) is 3. The summed E-state index contributed by atoms with van der Waals surface area (Å²) in [6.07, 6.45) is -3.82. The number of nitrogens with zero attached hydrogens (tertiary/aromatic N) is 1. The molecule has 100 valence electrons.